The van der Waals surface area contributed by atoms with Gasteiger partial charge in [-0.2, -0.15) is 0 Å². The third kappa shape index (κ3) is 3.17. The summed E-state index contributed by atoms with van der Waals surface area (Å²) in [6.45, 7) is 1.83. The maximum Gasteiger partial charge on any atom is 0.237 e. The first-order valence-corrected chi connectivity index (χ1v) is 4.97. The second-order valence-electron chi connectivity index (χ2n) is 3.94. The van der Waals surface area contributed by atoms with E-state index in [2.05, 4.69) is 10.7 Å². The Kier molecular flexibility index (Phi) is 4.05. The van der Waals surface area contributed by atoms with E-state index in [9.17, 15) is 14.7 Å². The summed E-state index contributed by atoms with van der Waals surface area (Å²) in [6, 6.07) is 0. The van der Waals surface area contributed by atoms with Crippen molar-refractivity contribution in [2.24, 2.45) is 17.7 Å². The molecule has 6 heteroatoms. The van der Waals surface area contributed by atoms with Crippen LogP contribution in [0, 0.1) is 11.8 Å². The Bertz CT molecular complexity index is 257. The van der Waals surface area contributed by atoms with E-state index in [4.69, 9.17) is 5.84 Å². The molecule has 86 valence electrons. The molecule has 0 aliphatic heterocycles. The molecule has 0 radical (unpaired) electrons. The molecular weight excluding hydrogens is 198 g/mol. The molecule has 2 amide bonds. The zero-order chi connectivity index (χ0) is 11.4. The van der Waals surface area contributed by atoms with Gasteiger partial charge in [0.05, 0.1) is 6.10 Å². The van der Waals surface area contributed by atoms with Crippen LogP contribution in [0.3, 0.4) is 0 Å². The Balaban J connectivity index is 2.42. The van der Waals surface area contributed by atoms with Crippen molar-refractivity contribution in [2.75, 3.05) is 6.54 Å². The van der Waals surface area contributed by atoms with Crippen molar-refractivity contribution in [2.45, 2.75) is 25.9 Å². The number of hydrazine groups is 1. The second-order valence-corrected chi connectivity index (χ2v) is 3.94. The van der Waals surface area contributed by atoms with Gasteiger partial charge in [0.1, 0.15) is 0 Å². The maximum absolute atomic E-state index is 11.2. The number of amides is 2. The zero-order valence-corrected chi connectivity index (χ0v) is 8.69. The first-order chi connectivity index (χ1) is 7.04. The SMILES string of the molecule is CC(=O)NCC1CC(C(=O)NN)CC1O. The van der Waals surface area contributed by atoms with Gasteiger partial charge in [0.2, 0.25) is 11.8 Å². The minimum absolute atomic E-state index is 0.0591. The minimum Gasteiger partial charge on any atom is -0.393 e. The molecule has 3 atom stereocenters. The summed E-state index contributed by atoms with van der Waals surface area (Å²) in [4.78, 5) is 21.9. The Hall–Kier alpha value is -1.14. The average Bonchev–Trinajstić information content (AvgIpc) is 2.55. The molecular formula is C9H17N3O3. The molecule has 1 aliphatic rings. The van der Waals surface area contributed by atoms with Gasteiger partial charge >= 0.3 is 0 Å². The van der Waals surface area contributed by atoms with Gasteiger partial charge in [0.15, 0.2) is 0 Å². The first kappa shape index (κ1) is 11.9. The van der Waals surface area contributed by atoms with Crippen molar-refractivity contribution in [3.05, 3.63) is 0 Å². The summed E-state index contributed by atoms with van der Waals surface area (Å²) < 4.78 is 0. The van der Waals surface area contributed by atoms with Gasteiger partial charge in [-0.3, -0.25) is 15.0 Å². The summed E-state index contributed by atoms with van der Waals surface area (Å²) >= 11 is 0. The molecule has 1 aliphatic carbocycles. The van der Waals surface area contributed by atoms with Crippen molar-refractivity contribution >= 4 is 11.8 Å². The van der Waals surface area contributed by atoms with Gasteiger partial charge in [-0.05, 0) is 12.8 Å². The minimum atomic E-state index is -0.542. The van der Waals surface area contributed by atoms with E-state index in [0.29, 0.717) is 19.4 Å². The summed E-state index contributed by atoms with van der Waals surface area (Å²) in [5, 5.41) is 12.3. The third-order valence-corrected chi connectivity index (χ3v) is 2.78. The molecule has 0 spiro atoms. The van der Waals surface area contributed by atoms with E-state index in [0.717, 1.165) is 0 Å². The van der Waals surface area contributed by atoms with Crippen molar-refractivity contribution in [3.8, 4) is 0 Å². The van der Waals surface area contributed by atoms with Crippen molar-refractivity contribution < 1.29 is 14.7 Å². The summed E-state index contributed by atoms with van der Waals surface area (Å²) in [6.07, 6.45) is 0.428. The van der Waals surface area contributed by atoms with E-state index in [1.165, 1.54) is 6.92 Å². The van der Waals surface area contributed by atoms with Crippen LogP contribution in [0.5, 0.6) is 0 Å². The lowest BCUT2D eigenvalue weighted by atomic mass is 10.0. The summed E-state index contributed by atoms with van der Waals surface area (Å²) in [5.41, 5.74) is 2.08. The van der Waals surface area contributed by atoms with Crippen LogP contribution in [0.2, 0.25) is 0 Å². The van der Waals surface area contributed by atoms with Gasteiger partial charge in [-0.25, -0.2) is 5.84 Å². The summed E-state index contributed by atoms with van der Waals surface area (Å²) in [5.74, 6) is 4.33. The van der Waals surface area contributed by atoms with Crippen LogP contribution in [-0.4, -0.2) is 29.6 Å². The highest BCUT2D eigenvalue weighted by Gasteiger charge is 2.36. The number of nitrogens with one attached hydrogen (secondary N) is 2. The topological polar surface area (TPSA) is 104 Å². The van der Waals surface area contributed by atoms with E-state index < -0.39 is 6.10 Å². The molecule has 0 aromatic heterocycles. The predicted molar refractivity (Wildman–Crippen MR) is 53.2 cm³/mol. The van der Waals surface area contributed by atoms with Crippen LogP contribution < -0.4 is 16.6 Å². The number of hydrogen-bond acceptors (Lipinski definition) is 4. The number of aliphatic hydroxyl groups excluding tert-OH is 1. The highest BCUT2D eigenvalue weighted by Crippen LogP contribution is 2.30. The van der Waals surface area contributed by atoms with Crippen molar-refractivity contribution in [3.63, 3.8) is 0 Å². The van der Waals surface area contributed by atoms with Gasteiger partial charge in [-0.15, -0.1) is 0 Å². The molecule has 1 rings (SSSR count). The molecule has 0 saturated heterocycles. The predicted octanol–water partition coefficient (Wildman–Crippen LogP) is -1.50. The first-order valence-electron chi connectivity index (χ1n) is 4.97. The lowest BCUT2D eigenvalue weighted by molar-refractivity contribution is -0.125. The molecule has 6 nitrogen and oxygen atoms in total. The van der Waals surface area contributed by atoms with E-state index >= 15 is 0 Å². The molecule has 0 aromatic rings. The van der Waals surface area contributed by atoms with Crippen LogP contribution in [-0.2, 0) is 9.59 Å². The number of nitrogens with two attached hydrogens (primary N) is 1. The molecule has 3 unspecified atom stereocenters. The van der Waals surface area contributed by atoms with Crippen molar-refractivity contribution in [1.29, 1.82) is 0 Å². The summed E-state index contributed by atoms with van der Waals surface area (Å²) in [7, 11) is 0. The molecule has 15 heavy (non-hydrogen) atoms. The molecule has 5 N–H and O–H groups in total. The molecule has 1 fully saturated rings. The van der Waals surface area contributed by atoms with E-state index in [1.54, 1.807) is 0 Å². The second kappa shape index (κ2) is 5.09. The van der Waals surface area contributed by atoms with E-state index in [1.807, 2.05) is 0 Å². The maximum atomic E-state index is 11.2. The van der Waals surface area contributed by atoms with Crippen LogP contribution in [0.1, 0.15) is 19.8 Å². The van der Waals surface area contributed by atoms with Crippen LogP contribution in [0.15, 0.2) is 0 Å². The van der Waals surface area contributed by atoms with E-state index in [-0.39, 0.29) is 23.7 Å². The lowest BCUT2D eigenvalue weighted by Gasteiger charge is -2.13. The normalized spacial score (nSPS) is 29.9. The van der Waals surface area contributed by atoms with Crippen LogP contribution >= 0.6 is 0 Å². The Morgan fingerprint density at radius 3 is 2.67 bits per heavy atom. The van der Waals surface area contributed by atoms with Crippen molar-refractivity contribution in [1.82, 2.24) is 10.7 Å². The molecule has 0 aromatic carbocycles. The largest absolute Gasteiger partial charge is 0.393 e. The quantitative estimate of drug-likeness (QED) is 0.261. The highest BCUT2D eigenvalue weighted by molar-refractivity contribution is 5.78. The number of hydrogen-bond donors (Lipinski definition) is 4. The smallest absolute Gasteiger partial charge is 0.237 e. The van der Waals surface area contributed by atoms with Gasteiger partial charge in [0, 0.05) is 25.3 Å². The highest BCUT2D eigenvalue weighted by atomic mass is 16.3. The number of aliphatic hydroxyl groups is 1. The van der Waals surface area contributed by atoms with Gasteiger partial charge in [-0.1, -0.05) is 0 Å². The van der Waals surface area contributed by atoms with Crippen LogP contribution in [0.25, 0.3) is 0 Å². The van der Waals surface area contributed by atoms with Crippen LogP contribution in [0.4, 0.5) is 0 Å². The fourth-order valence-electron chi connectivity index (χ4n) is 1.93. The standard InChI is InChI=1S/C9H17N3O3/c1-5(13)11-4-7-2-6(3-8(7)14)9(15)12-10/h6-8,14H,2-4,10H2,1H3,(H,11,13)(H,12,15). The number of rotatable bonds is 3. The fourth-order valence-corrected chi connectivity index (χ4v) is 1.93. The van der Waals surface area contributed by atoms with Gasteiger partial charge in [0.25, 0.3) is 0 Å². The average molecular weight is 215 g/mol. The Labute approximate surface area is 88.2 Å². The number of carbonyl (C=O) groups excluding carboxylic acids is 2. The zero-order valence-electron chi connectivity index (χ0n) is 8.69. The third-order valence-electron chi connectivity index (χ3n) is 2.78. The molecule has 0 bridgehead atoms. The molecule has 0 heterocycles. The monoisotopic (exact) mass is 215 g/mol. The lowest BCUT2D eigenvalue weighted by Crippen LogP contribution is -2.35. The molecule has 1 saturated carbocycles. The Morgan fingerprint density at radius 1 is 1.47 bits per heavy atom. The number of carbonyl (C=O) groups is 2. The fraction of sp³-hybridized carbons (Fsp3) is 0.778. The van der Waals surface area contributed by atoms with Gasteiger partial charge < -0.3 is 10.4 Å². The Morgan fingerprint density at radius 2 is 2.13 bits per heavy atom.